The van der Waals surface area contributed by atoms with Crippen LogP contribution in [0.3, 0.4) is 0 Å². The number of hydrogen-bond donors (Lipinski definition) is 0. The van der Waals surface area contributed by atoms with E-state index in [1.165, 1.54) is 13.0 Å². The van der Waals surface area contributed by atoms with Crippen LogP contribution in [0.2, 0.25) is 0 Å². The van der Waals surface area contributed by atoms with Crippen molar-refractivity contribution in [3.63, 3.8) is 0 Å². The third-order valence-electron chi connectivity index (χ3n) is 1.82. The normalized spacial score (nSPS) is 21.2. The standard InChI is InChI=1S/C9H11NO4/c1-3-4-10-8(12)5-7(9(10)13)14-6(2)11/h3,7H,1,4-5H2,2H3. The highest BCUT2D eigenvalue weighted by Gasteiger charge is 2.39. The lowest BCUT2D eigenvalue weighted by Gasteiger charge is -2.11. The van der Waals surface area contributed by atoms with E-state index in [0.29, 0.717) is 0 Å². The number of hydrogen-bond acceptors (Lipinski definition) is 4. The molecule has 2 amide bonds. The second-order valence-electron chi connectivity index (χ2n) is 2.93. The van der Waals surface area contributed by atoms with Crippen molar-refractivity contribution in [1.29, 1.82) is 0 Å². The molecule has 0 aromatic carbocycles. The lowest BCUT2D eigenvalue weighted by atomic mass is 10.3. The number of rotatable bonds is 3. The quantitative estimate of drug-likeness (QED) is 0.359. The van der Waals surface area contributed by atoms with E-state index in [9.17, 15) is 14.4 Å². The Labute approximate surface area is 81.3 Å². The summed E-state index contributed by atoms with van der Waals surface area (Å²) < 4.78 is 4.69. The maximum atomic E-state index is 11.4. The average molecular weight is 197 g/mol. The zero-order chi connectivity index (χ0) is 10.7. The van der Waals surface area contributed by atoms with Crippen molar-refractivity contribution in [3.05, 3.63) is 12.7 Å². The highest BCUT2D eigenvalue weighted by atomic mass is 16.5. The van der Waals surface area contributed by atoms with Crippen molar-refractivity contribution in [2.45, 2.75) is 19.4 Å². The van der Waals surface area contributed by atoms with Crippen molar-refractivity contribution in [1.82, 2.24) is 4.90 Å². The molecule has 5 heteroatoms. The van der Waals surface area contributed by atoms with Gasteiger partial charge in [-0.25, -0.2) is 0 Å². The van der Waals surface area contributed by atoms with Crippen molar-refractivity contribution >= 4 is 17.8 Å². The van der Waals surface area contributed by atoms with Gasteiger partial charge < -0.3 is 4.74 Å². The molecule has 1 saturated heterocycles. The minimum atomic E-state index is -0.944. The fourth-order valence-corrected chi connectivity index (χ4v) is 1.27. The number of likely N-dealkylation sites (tertiary alicyclic amines) is 1. The van der Waals surface area contributed by atoms with Crippen LogP contribution in [0, 0.1) is 0 Å². The van der Waals surface area contributed by atoms with Gasteiger partial charge >= 0.3 is 5.97 Å². The second kappa shape index (κ2) is 4.04. The van der Waals surface area contributed by atoms with Gasteiger partial charge in [-0.2, -0.15) is 0 Å². The Kier molecular flexibility index (Phi) is 3.01. The minimum absolute atomic E-state index is 0.0632. The van der Waals surface area contributed by atoms with E-state index in [4.69, 9.17) is 0 Å². The van der Waals surface area contributed by atoms with E-state index < -0.39 is 18.0 Å². The van der Waals surface area contributed by atoms with Gasteiger partial charge in [0, 0.05) is 13.5 Å². The minimum Gasteiger partial charge on any atom is -0.452 e. The van der Waals surface area contributed by atoms with E-state index in [1.807, 2.05) is 0 Å². The van der Waals surface area contributed by atoms with Gasteiger partial charge in [-0.05, 0) is 0 Å². The Hall–Kier alpha value is -1.65. The van der Waals surface area contributed by atoms with E-state index in [0.717, 1.165) is 4.90 Å². The summed E-state index contributed by atoms with van der Waals surface area (Å²) in [7, 11) is 0. The molecule has 1 heterocycles. The molecule has 1 aliphatic rings. The first-order valence-corrected chi connectivity index (χ1v) is 4.18. The molecule has 5 nitrogen and oxygen atoms in total. The summed E-state index contributed by atoms with van der Waals surface area (Å²) >= 11 is 0. The maximum absolute atomic E-state index is 11.4. The third-order valence-corrected chi connectivity index (χ3v) is 1.82. The topological polar surface area (TPSA) is 63.7 Å². The molecule has 1 fully saturated rings. The maximum Gasteiger partial charge on any atom is 0.303 e. The van der Waals surface area contributed by atoms with Gasteiger partial charge in [0.1, 0.15) is 0 Å². The van der Waals surface area contributed by atoms with Crippen LogP contribution in [0.1, 0.15) is 13.3 Å². The van der Waals surface area contributed by atoms with Crippen molar-refractivity contribution in [3.8, 4) is 0 Å². The number of carbonyl (C=O) groups excluding carboxylic acids is 3. The van der Waals surface area contributed by atoms with Crippen LogP contribution in [-0.2, 0) is 19.1 Å². The first-order valence-electron chi connectivity index (χ1n) is 4.18. The van der Waals surface area contributed by atoms with Gasteiger partial charge in [0.2, 0.25) is 5.91 Å². The largest absolute Gasteiger partial charge is 0.452 e. The molecule has 0 saturated carbocycles. The van der Waals surface area contributed by atoms with Gasteiger partial charge in [0.15, 0.2) is 6.10 Å². The number of ether oxygens (including phenoxy) is 1. The Bertz CT molecular complexity index is 297. The number of carbonyl (C=O) groups is 3. The van der Waals surface area contributed by atoms with E-state index in [-0.39, 0.29) is 18.9 Å². The molecule has 0 aromatic heterocycles. The first kappa shape index (κ1) is 10.4. The van der Waals surface area contributed by atoms with Gasteiger partial charge in [0.05, 0.1) is 6.42 Å². The van der Waals surface area contributed by atoms with Crippen LogP contribution in [0.15, 0.2) is 12.7 Å². The summed E-state index contributed by atoms with van der Waals surface area (Å²) in [5, 5.41) is 0. The summed E-state index contributed by atoms with van der Waals surface area (Å²) in [6, 6.07) is 0. The first-order chi connectivity index (χ1) is 6.56. The Morgan fingerprint density at radius 2 is 2.36 bits per heavy atom. The van der Waals surface area contributed by atoms with Crippen molar-refractivity contribution < 1.29 is 19.1 Å². The monoisotopic (exact) mass is 197 g/mol. The van der Waals surface area contributed by atoms with E-state index in [2.05, 4.69) is 11.3 Å². The second-order valence-corrected chi connectivity index (χ2v) is 2.93. The Morgan fingerprint density at radius 3 is 2.86 bits per heavy atom. The molecular weight excluding hydrogens is 186 g/mol. The predicted molar refractivity (Wildman–Crippen MR) is 47.1 cm³/mol. The molecule has 0 spiro atoms. The summed E-state index contributed by atoms with van der Waals surface area (Å²) in [6.07, 6.45) is 0.443. The van der Waals surface area contributed by atoms with Gasteiger partial charge in [-0.15, -0.1) is 6.58 Å². The van der Waals surface area contributed by atoms with Crippen LogP contribution in [0.25, 0.3) is 0 Å². The molecule has 0 aliphatic carbocycles. The summed E-state index contributed by atoms with van der Waals surface area (Å²) in [5.41, 5.74) is 0. The molecule has 0 bridgehead atoms. The Balaban J connectivity index is 2.68. The van der Waals surface area contributed by atoms with Crippen LogP contribution in [0.4, 0.5) is 0 Å². The SMILES string of the molecule is C=CCN1C(=O)CC(OC(C)=O)C1=O. The Morgan fingerprint density at radius 1 is 1.71 bits per heavy atom. The molecule has 76 valence electrons. The van der Waals surface area contributed by atoms with Crippen LogP contribution in [0.5, 0.6) is 0 Å². The highest BCUT2D eigenvalue weighted by Crippen LogP contribution is 2.15. The van der Waals surface area contributed by atoms with Crippen LogP contribution >= 0.6 is 0 Å². The summed E-state index contributed by atoms with van der Waals surface area (Å²) in [6.45, 7) is 4.79. The molecular formula is C9H11NO4. The molecule has 0 N–H and O–H groups in total. The molecule has 0 radical (unpaired) electrons. The highest BCUT2D eigenvalue weighted by molar-refractivity contribution is 6.05. The molecule has 1 atom stereocenters. The number of imide groups is 1. The lowest BCUT2D eigenvalue weighted by Crippen LogP contribution is -2.33. The van der Waals surface area contributed by atoms with Gasteiger partial charge in [-0.3, -0.25) is 19.3 Å². The van der Waals surface area contributed by atoms with Crippen molar-refractivity contribution in [2.75, 3.05) is 6.54 Å². The van der Waals surface area contributed by atoms with Crippen molar-refractivity contribution in [2.24, 2.45) is 0 Å². The van der Waals surface area contributed by atoms with Crippen LogP contribution in [-0.4, -0.2) is 35.3 Å². The fourth-order valence-electron chi connectivity index (χ4n) is 1.27. The third kappa shape index (κ3) is 1.99. The molecule has 1 rings (SSSR count). The molecule has 1 unspecified atom stereocenters. The van der Waals surface area contributed by atoms with E-state index in [1.54, 1.807) is 0 Å². The van der Waals surface area contributed by atoms with E-state index >= 15 is 0 Å². The summed E-state index contributed by atoms with van der Waals surface area (Å²) in [4.78, 5) is 34.3. The smallest absolute Gasteiger partial charge is 0.303 e. The fraction of sp³-hybridized carbons (Fsp3) is 0.444. The number of esters is 1. The number of amides is 2. The van der Waals surface area contributed by atoms with Crippen LogP contribution < -0.4 is 0 Å². The average Bonchev–Trinajstić information content (AvgIpc) is 2.32. The molecule has 14 heavy (non-hydrogen) atoms. The van der Waals surface area contributed by atoms with Gasteiger partial charge in [-0.1, -0.05) is 6.08 Å². The lowest BCUT2D eigenvalue weighted by molar-refractivity contribution is -0.154. The van der Waals surface area contributed by atoms with Gasteiger partial charge in [0.25, 0.3) is 5.91 Å². The number of nitrogens with zero attached hydrogens (tertiary/aromatic N) is 1. The zero-order valence-electron chi connectivity index (χ0n) is 7.86. The predicted octanol–water partition coefficient (Wildman–Crippen LogP) is -0.137. The summed E-state index contributed by atoms with van der Waals surface area (Å²) in [5.74, 6) is -1.36. The molecule has 1 aliphatic heterocycles. The zero-order valence-corrected chi connectivity index (χ0v) is 7.86. The molecule has 0 aromatic rings.